The second-order valence-electron chi connectivity index (χ2n) is 1.67. The van der Waals surface area contributed by atoms with E-state index < -0.39 is 0 Å². The summed E-state index contributed by atoms with van der Waals surface area (Å²) in [7, 11) is 1.75. The SMILES string of the molecule is [CH2]CN(C)C(=O)CC. The van der Waals surface area contributed by atoms with Gasteiger partial charge >= 0.3 is 0 Å². The summed E-state index contributed by atoms with van der Waals surface area (Å²) in [4.78, 5) is 12.2. The van der Waals surface area contributed by atoms with Crippen LogP contribution in [0.25, 0.3) is 0 Å². The molecule has 2 nitrogen and oxygen atoms in total. The largest absolute Gasteiger partial charge is 0.346 e. The molecule has 0 spiro atoms. The average molecular weight is 114 g/mol. The fraction of sp³-hybridized carbons (Fsp3) is 0.667. The molecule has 1 radical (unpaired) electrons. The molecule has 0 bridgehead atoms. The average Bonchev–Trinajstić information content (AvgIpc) is 1.84. The summed E-state index contributed by atoms with van der Waals surface area (Å²) in [5.74, 6) is 0.153. The Hall–Kier alpha value is -0.530. The molecular weight excluding hydrogens is 102 g/mol. The molecule has 0 fully saturated rings. The van der Waals surface area contributed by atoms with E-state index in [4.69, 9.17) is 0 Å². The topological polar surface area (TPSA) is 20.3 Å². The van der Waals surface area contributed by atoms with Gasteiger partial charge in [-0.2, -0.15) is 0 Å². The van der Waals surface area contributed by atoms with Crippen molar-refractivity contribution in [3.63, 3.8) is 0 Å². The minimum absolute atomic E-state index is 0.153. The third kappa shape index (κ3) is 1.96. The van der Waals surface area contributed by atoms with Gasteiger partial charge < -0.3 is 4.90 Å². The molecule has 0 atom stereocenters. The Balaban J connectivity index is 3.46. The first kappa shape index (κ1) is 7.47. The number of hydrogen-bond acceptors (Lipinski definition) is 1. The van der Waals surface area contributed by atoms with Gasteiger partial charge in [0.2, 0.25) is 5.91 Å². The van der Waals surface area contributed by atoms with E-state index in [1.807, 2.05) is 6.92 Å². The Morgan fingerprint density at radius 3 is 2.38 bits per heavy atom. The number of carbonyl (C=O) groups is 1. The van der Waals surface area contributed by atoms with E-state index in [0.29, 0.717) is 13.0 Å². The van der Waals surface area contributed by atoms with Gasteiger partial charge in [0.15, 0.2) is 0 Å². The lowest BCUT2D eigenvalue weighted by Gasteiger charge is -2.11. The highest BCUT2D eigenvalue weighted by Gasteiger charge is 1.99. The van der Waals surface area contributed by atoms with Gasteiger partial charge in [-0.15, -0.1) is 0 Å². The van der Waals surface area contributed by atoms with Gasteiger partial charge in [0.25, 0.3) is 0 Å². The van der Waals surface area contributed by atoms with Crippen LogP contribution in [0.2, 0.25) is 0 Å². The van der Waals surface area contributed by atoms with Gasteiger partial charge in [-0.05, 0) is 6.92 Å². The number of hydrogen-bond donors (Lipinski definition) is 0. The maximum Gasteiger partial charge on any atom is 0.222 e. The van der Waals surface area contributed by atoms with Crippen molar-refractivity contribution in [2.75, 3.05) is 13.6 Å². The van der Waals surface area contributed by atoms with Crippen LogP contribution in [0.1, 0.15) is 13.3 Å². The third-order valence-corrected chi connectivity index (χ3v) is 1.06. The zero-order valence-electron chi connectivity index (χ0n) is 5.48. The van der Waals surface area contributed by atoms with E-state index in [1.54, 1.807) is 11.9 Å². The quantitative estimate of drug-likeness (QED) is 0.517. The first-order valence-electron chi connectivity index (χ1n) is 2.75. The number of nitrogens with zero attached hydrogens (tertiary/aromatic N) is 1. The van der Waals surface area contributed by atoms with Crippen molar-refractivity contribution in [1.29, 1.82) is 0 Å². The van der Waals surface area contributed by atoms with E-state index in [9.17, 15) is 4.79 Å². The minimum atomic E-state index is 0.153. The zero-order chi connectivity index (χ0) is 6.57. The molecule has 0 rings (SSSR count). The lowest BCUT2D eigenvalue weighted by Crippen LogP contribution is -2.25. The standard InChI is InChI=1S/C6H12NO/c1-4-6(8)7(3)5-2/h2,4-5H2,1,3H3. The second-order valence-corrected chi connectivity index (χ2v) is 1.67. The van der Waals surface area contributed by atoms with Gasteiger partial charge in [-0.1, -0.05) is 6.92 Å². The predicted molar refractivity (Wildman–Crippen MR) is 33.3 cm³/mol. The van der Waals surface area contributed by atoms with Gasteiger partial charge in [-0.3, -0.25) is 4.79 Å². The molecule has 2 heteroatoms. The van der Waals surface area contributed by atoms with Crippen molar-refractivity contribution in [1.82, 2.24) is 4.90 Å². The first-order chi connectivity index (χ1) is 3.72. The monoisotopic (exact) mass is 114 g/mol. The van der Waals surface area contributed by atoms with Crippen LogP contribution in [0.4, 0.5) is 0 Å². The summed E-state index contributed by atoms with van der Waals surface area (Å²) in [5, 5.41) is 0. The molecule has 47 valence electrons. The highest BCUT2D eigenvalue weighted by atomic mass is 16.2. The summed E-state index contributed by atoms with van der Waals surface area (Å²) >= 11 is 0. The van der Waals surface area contributed by atoms with Crippen LogP contribution < -0.4 is 0 Å². The molecule has 0 aliphatic carbocycles. The van der Waals surface area contributed by atoms with Crippen LogP contribution in [0.5, 0.6) is 0 Å². The van der Waals surface area contributed by atoms with Crippen LogP contribution in [0.3, 0.4) is 0 Å². The zero-order valence-corrected chi connectivity index (χ0v) is 5.48. The Labute approximate surface area is 50.5 Å². The highest BCUT2D eigenvalue weighted by Crippen LogP contribution is 1.86. The molecule has 0 heterocycles. The molecular formula is C6H12NO. The Kier molecular flexibility index (Phi) is 3.24. The Morgan fingerprint density at radius 1 is 1.75 bits per heavy atom. The Bertz CT molecular complexity index is 80.6. The molecule has 0 saturated carbocycles. The molecule has 0 saturated heterocycles. The van der Waals surface area contributed by atoms with Crippen molar-refractivity contribution < 1.29 is 4.79 Å². The van der Waals surface area contributed by atoms with Crippen molar-refractivity contribution in [2.24, 2.45) is 0 Å². The van der Waals surface area contributed by atoms with E-state index in [1.165, 1.54) is 0 Å². The number of rotatable bonds is 2. The van der Waals surface area contributed by atoms with Crippen LogP contribution in [-0.4, -0.2) is 24.4 Å². The van der Waals surface area contributed by atoms with Crippen LogP contribution >= 0.6 is 0 Å². The lowest BCUT2D eigenvalue weighted by atomic mass is 10.4. The smallest absolute Gasteiger partial charge is 0.222 e. The highest BCUT2D eigenvalue weighted by molar-refractivity contribution is 5.75. The summed E-state index contributed by atoms with van der Waals surface area (Å²) in [6.45, 7) is 5.96. The second kappa shape index (κ2) is 3.47. The summed E-state index contributed by atoms with van der Waals surface area (Å²) in [6.07, 6.45) is 0.575. The van der Waals surface area contributed by atoms with Crippen LogP contribution in [0.15, 0.2) is 0 Å². The van der Waals surface area contributed by atoms with Crippen LogP contribution in [0, 0.1) is 6.92 Å². The summed E-state index contributed by atoms with van der Waals surface area (Å²) in [6, 6.07) is 0. The van der Waals surface area contributed by atoms with Crippen LogP contribution in [-0.2, 0) is 4.79 Å². The van der Waals surface area contributed by atoms with E-state index >= 15 is 0 Å². The number of carbonyl (C=O) groups excluding carboxylic acids is 1. The molecule has 0 aromatic rings. The first-order valence-corrected chi connectivity index (χ1v) is 2.75. The van der Waals surface area contributed by atoms with E-state index in [-0.39, 0.29) is 5.91 Å². The third-order valence-electron chi connectivity index (χ3n) is 1.06. The molecule has 0 aliphatic heterocycles. The Morgan fingerprint density at radius 2 is 2.25 bits per heavy atom. The molecule has 0 N–H and O–H groups in total. The number of amides is 1. The lowest BCUT2D eigenvalue weighted by molar-refractivity contribution is -0.129. The molecule has 0 unspecified atom stereocenters. The van der Waals surface area contributed by atoms with Crippen molar-refractivity contribution in [3.05, 3.63) is 6.92 Å². The van der Waals surface area contributed by atoms with E-state index in [2.05, 4.69) is 6.92 Å². The van der Waals surface area contributed by atoms with Crippen molar-refractivity contribution in [2.45, 2.75) is 13.3 Å². The maximum absolute atomic E-state index is 10.6. The minimum Gasteiger partial charge on any atom is -0.346 e. The van der Waals surface area contributed by atoms with Crippen molar-refractivity contribution in [3.8, 4) is 0 Å². The van der Waals surface area contributed by atoms with Gasteiger partial charge in [0.05, 0.1) is 0 Å². The van der Waals surface area contributed by atoms with Gasteiger partial charge in [0, 0.05) is 20.0 Å². The molecule has 0 aliphatic rings. The van der Waals surface area contributed by atoms with Crippen molar-refractivity contribution >= 4 is 5.91 Å². The molecule has 0 aromatic heterocycles. The van der Waals surface area contributed by atoms with E-state index in [0.717, 1.165) is 0 Å². The summed E-state index contributed by atoms with van der Waals surface area (Å²) < 4.78 is 0. The summed E-state index contributed by atoms with van der Waals surface area (Å²) in [5.41, 5.74) is 0. The van der Waals surface area contributed by atoms with Gasteiger partial charge in [-0.25, -0.2) is 0 Å². The van der Waals surface area contributed by atoms with Gasteiger partial charge in [0.1, 0.15) is 0 Å². The molecule has 8 heavy (non-hydrogen) atoms. The molecule has 0 aromatic carbocycles. The predicted octanol–water partition coefficient (Wildman–Crippen LogP) is 0.689. The normalized spacial score (nSPS) is 8.88. The fourth-order valence-electron chi connectivity index (χ4n) is 0.395. The fourth-order valence-corrected chi connectivity index (χ4v) is 0.395. The maximum atomic E-state index is 10.6. The molecule has 1 amide bonds.